The summed E-state index contributed by atoms with van der Waals surface area (Å²) in [5.74, 6) is 0.789. The predicted octanol–water partition coefficient (Wildman–Crippen LogP) is 7.35. The van der Waals surface area contributed by atoms with Gasteiger partial charge in [-0.1, -0.05) is 29.3 Å². The number of hydrogen-bond donors (Lipinski definition) is 1. The van der Waals surface area contributed by atoms with Crippen molar-refractivity contribution in [2.45, 2.75) is 50.1 Å². The second kappa shape index (κ2) is 12.5. The highest BCUT2D eigenvalue weighted by Crippen LogP contribution is 2.42. The van der Waals surface area contributed by atoms with Gasteiger partial charge in [0.2, 0.25) is 0 Å². The van der Waals surface area contributed by atoms with Crippen molar-refractivity contribution in [1.82, 2.24) is 9.88 Å². The van der Waals surface area contributed by atoms with Crippen molar-refractivity contribution in [1.29, 1.82) is 0 Å². The first kappa shape index (κ1) is 27.7. The Labute approximate surface area is 227 Å². The number of nitrogens with zero attached hydrogens (tertiary/aromatic N) is 2. The zero-order chi connectivity index (χ0) is 26.4. The van der Waals surface area contributed by atoms with Crippen LogP contribution in [0.4, 0.5) is 4.39 Å². The average Bonchev–Trinajstić information content (AvgIpc) is 2.90. The SMILES string of the molecule is COc1ccc2ncc(Cl)c([C@@H](F)CCC3(C(=O)O)CCN(CCCSc4cccc(C)c4)CC3)c2c1. The maximum absolute atomic E-state index is 15.6. The number of aliphatic carboxylic acids is 1. The Morgan fingerprint density at radius 2 is 2.05 bits per heavy atom. The van der Waals surface area contributed by atoms with E-state index in [9.17, 15) is 9.90 Å². The normalized spacial score (nSPS) is 16.5. The van der Waals surface area contributed by atoms with Crippen LogP contribution in [0.15, 0.2) is 53.6 Å². The molecule has 1 saturated heterocycles. The molecule has 0 spiro atoms. The number of aryl methyl sites for hydroxylation is 1. The number of benzene rings is 2. The van der Waals surface area contributed by atoms with Crippen molar-refractivity contribution in [2.24, 2.45) is 5.41 Å². The van der Waals surface area contributed by atoms with Crippen molar-refractivity contribution in [2.75, 3.05) is 32.5 Å². The van der Waals surface area contributed by atoms with Gasteiger partial charge >= 0.3 is 5.97 Å². The van der Waals surface area contributed by atoms with Crippen LogP contribution in [0.2, 0.25) is 5.02 Å². The molecule has 2 heterocycles. The molecule has 5 nitrogen and oxygen atoms in total. The number of carboxylic acids is 1. The van der Waals surface area contributed by atoms with E-state index in [1.165, 1.54) is 16.7 Å². The number of fused-ring (bicyclic) bond motifs is 1. The fraction of sp³-hybridized carbons (Fsp3) is 0.448. The number of thioether (sulfide) groups is 1. The Balaban J connectivity index is 1.33. The van der Waals surface area contributed by atoms with E-state index in [0.717, 1.165) is 18.7 Å². The third-order valence-corrected chi connectivity index (χ3v) is 8.78. The molecule has 198 valence electrons. The first-order chi connectivity index (χ1) is 17.8. The lowest BCUT2D eigenvalue weighted by atomic mass is 9.74. The van der Waals surface area contributed by atoms with E-state index in [4.69, 9.17) is 16.3 Å². The number of carbonyl (C=O) groups is 1. The van der Waals surface area contributed by atoms with Gasteiger partial charge in [0.25, 0.3) is 0 Å². The summed E-state index contributed by atoms with van der Waals surface area (Å²) in [5.41, 5.74) is 1.34. The highest BCUT2D eigenvalue weighted by atomic mass is 35.5. The number of carboxylic acid groups (broad SMARTS) is 1. The van der Waals surface area contributed by atoms with Gasteiger partial charge in [-0.3, -0.25) is 9.78 Å². The van der Waals surface area contributed by atoms with Gasteiger partial charge in [0.05, 0.1) is 23.1 Å². The molecule has 0 saturated carbocycles. The van der Waals surface area contributed by atoms with E-state index < -0.39 is 17.6 Å². The fourth-order valence-corrected chi connectivity index (χ4v) is 6.34. The summed E-state index contributed by atoms with van der Waals surface area (Å²) >= 11 is 8.23. The highest BCUT2D eigenvalue weighted by molar-refractivity contribution is 7.99. The van der Waals surface area contributed by atoms with Crippen LogP contribution in [0.1, 0.15) is 49.4 Å². The van der Waals surface area contributed by atoms with Crippen molar-refractivity contribution in [3.8, 4) is 5.75 Å². The minimum absolute atomic E-state index is 0.0927. The van der Waals surface area contributed by atoms with Gasteiger partial charge in [-0.25, -0.2) is 4.39 Å². The van der Waals surface area contributed by atoms with Crippen molar-refractivity contribution >= 4 is 40.2 Å². The summed E-state index contributed by atoms with van der Waals surface area (Å²) in [4.78, 5) is 20.3. The third-order valence-electron chi connectivity index (χ3n) is 7.40. The van der Waals surface area contributed by atoms with Gasteiger partial charge in [-0.05, 0) is 94.7 Å². The second-order valence-electron chi connectivity index (χ2n) is 9.85. The van der Waals surface area contributed by atoms with E-state index in [1.54, 1.807) is 25.3 Å². The van der Waals surface area contributed by atoms with E-state index >= 15 is 4.39 Å². The van der Waals surface area contributed by atoms with E-state index in [-0.39, 0.29) is 17.9 Å². The first-order valence-corrected chi connectivity index (χ1v) is 14.1. The molecule has 2 aromatic carbocycles. The van der Waals surface area contributed by atoms with Crippen LogP contribution in [-0.2, 0) is 4.79 Å². The lowest BCUT2D eigenvalue weighted by molar-refractivity contribution is -0.153. The van der Waals surface area contributed by atoms with E-state index in [0.29, 0.717) is 48.1 Å². The molecular formula is C29H34ClFN2O3S. The van der Waals surface area contributed by atoms with Gasteiger partial charge < -0.3 is 14.7 Å². The lowest BCUT2D eigenvalue weighted by Gasteiger charge is -2.39. The Bertz CT molecular complexity index is 1230. The van der Waals surface area contributed by atoms with Gasteiger partial charge in [0.15, 0.2) is 0 Å². The Morgan fingerprint density at radius 3 is 2.76 bits per heavy atom. The molecule has 0 radical (unpaired) electrons. The molecule has 0 unspecified atom stereocenters. The number of halogens is 2. The van der Waals surface area contributed by atoms with Gasteiger partial charge in [-0.2, -0.15) is 0 Å². The van der Waals surface area contributed by atoms with Crippen molar-refractivity contribution in [3.05, 3.63) is 64.8 Å². The molecule has 37 heavy (non-hydrogen) atoms. The molecule has 3 aromatic rings. The van der Waals surface area contributed by atoms with Crippen LogP contribution in [-0.4, -0.2) is 53.5 Å². The van der Waals surface area contributed by atoms with Crippen LogP contribution in [0.5, 0.6) is 5.75 Å². The third kappa shape index (κ3) is 6.75. The molecule has 0 bridgehead atoms. The molecule has 4 rings (SSSR count). The second-order valence-corrected chi connectivity index (χ2v) is 11.4. The van der Waals surface area contributed by atoms with Gasteiger partial charge in [-0.15, -0.1) is 11.8 Å². The number of aromatic nitrogens is 1. The summed E-state index contributed by atoms with van der Waals surface area (Å²) in [5, 5.41) is 11.0. The zero-order valence-corrected chi connectivity index (χ0v) is 23.0. The van der Waals surface area contributed by atoms with Gasteiger partial charge in [0.1, 0.15) is 11.9 Å². The standard InChI is InChI=1S/C29H34ClFN2O3S/c1-20-5-3-6-22(17-20)37-16-4-13-33-14-11-29(12-15-33,28(34)35)10-9-25(31)27-23-18-21(36-2)7-8-26(23)32-19-24(27)30/h3,5-8,17-19,25H,4,9-16H2,1-2H3,(H,34,35)/t25-/m0/s1. The molecule has 0 aliphatic carbocycles. The van der Waals surface area contributed by atoms with E-state index in [2.05, 4.69) is 41.1 Å². The molecule has 1 aliphatic rings. The number of alkyl halides is 1. The minimum Gasteiger partial charge on any atom is -0.497 e. The average molecular weight is 545 g/mol. The van der Waals surface area contributed by atoms with E-state index in [1.807, 2.05) is 11.8 Å². The van der Waals surface area contributed by atoms with Crippen molar-refractivity contribution < 1.29 is 19.0 Å². The van der Waals surface area contributed by atoms with Crippen LogP contribution in [0, 0.1) is 12.3 Å². The first-order valence-electron chi connectivity index (χ1n) is 12.7. The number of hydrogen-bond acceptors (Lipinski definition) is 5. The number of ether oxygens (including phenoxy) is 1. The highest BCUT2D eigenvalue weighted by Gasteiger charge is 2.41. The zero-order valence-electron chi connectivity index (χ0n) is 21.4. The number of methoxy groups -OCH3 is 1. The molecule has 1 aliphatic heterocycles. The molecule has 1 atom stereocenters. The number of rotatable bonds is 11. The predicted molar refractivity (Wildman–Crippen MR) is 149 cm³/mol. The van der Waals surface area contributed by atoms with Crippen LogP contribution in [0.3, 0.4) is 0 Å². The monoisotopic (exact) mass is 544 g/mol. The van der Waals surface area contributed by atoms with Crippen LogP contribution < -0.4 is 4.74 Å². The fourth-order valence-electron chi connectivity index (χ4n) is 5.12. The Morgan fingerprint density at radius 1 is 1.27 bits per heavy atom. The maximum Gasteiger partial charge on any atom is 0.309 e. The molecular weight excluding hydrogens is 511 g/mol. The summed E-state index contributed by atoms with van der Waals surface area (Å²) in [6, 6.07) is 13.8. The van der Waals surface area contributed by atoms with Crippen LogP contribution in [0.25, 0.3) is 10.9 Å². The number of pyridine rings is 1. The lowest BCUT2D eigenvalue weighted by Crippen LogP contribution is -2.44. The molecule has 0 amide bonds. The minimum atomic E-state index is -1.39. The van der Waals surface area contributed by atoms with Gasteiger partial charge in [0, 0.05) is 22.0 Å². The Kier molecular flexibility index (Phi) is 9.32. The maximum atomic E-state index is 15.6. The largest absolute Gasteiger partial charge is 0.497 e. The molecule has 8 heteroatoms. The quantitative estimate of drug-likeness (QED) is 0.201. The topological polar surface area (TPSA) is 62.7 Å². The van der Waals surface area contributed by atoms with Crippen LogP contribution >= 0.6 is 23.4 Å². The molecule has 1 fully saturated rings. The molecule has 1 aromatic heterocycles. The molecule has 1 N–H and O–H groups in total. The summed E-state index contributed by atoms with van der Waals surface area (Å²) in [6.07, 6.45) is 2.53. The Hall–Kier alpha value is -2.35. The number of piperidine rings is 1. The smallest absolute Gasteiger partial charge is 0.309 e. The summed E-state index contributed by atoms with van der Waals surface area (Å²) in [6.45, 7) is 4.48. The number of likely N-dealkylation sites (tertiary alicyclic amines) is 1. The summed E-state index contributed by atoms with van der Waals surface area (Å²) < 4.78 is 20.9. The summed E-state index contributed by atoms with van der Waals surface area (Å²) in [7, 11) is 1.55. The van der Waals surface area contributed by atoms with Crippen molar-refractivity contribution in [3.63, 3.8) is 0 Å².